The summed E-state index contributed by atoms with van der Waals surface area (Å²) in [5.74, 6) is -2.12. The molecule has 0 radical (unpaired) electrons. The molecule has 3 atom stereocenters. The van der Waals surface area contributed by atoms with Gasteiger partial charge in [0.05, 0.1) is 17.1 Å². The van der Waals surface area contributed by atoms with Crippen LogP contribution in [0, 0.1) is 11.6 Å². The molecule has 0 unspecified atom stereocenters. The highest BCUT2D eigenvalue weighted by atomic mass is 35.5. The van der Waals surface area contributed by atoms with Crippen molar-refractivity contribution in [1.29, 1.82) is 0 Å². The van der Waals surface area contributed by atoms with Crippen LogP contribution in [-0.2, 0) is 27.7 Å². The van der Waals surface area contributed by atoms with Gasteiger partial charge in [0.25, 0.3) is 0 Å². The van der Waals surface area contributed by atoms with E-state index in [4.69, 9.17) is 17.3 Å². The van der Waals surface area contributed by atoms with Crippen molar-refractivity contribution in [2.24, 2.45) is 5.73 Å². The van der Waals surface area contributed by atoms with Crippen LogP contribution in [0.15, 0.2) is 96.2 Å². The number of hydrogen-bond acceptors (Lipinski definition) is 6. The normalized spacial score (nSPS) is 17.2. The molecule has 11 heteroatoms. The first-order valence-corrected chi connectivity index (χ1v) is 16.1. The van der Waals surface area contributed by atoms with Crippen LogP contribution < -0.4 is 11.1 Å². The third-order valence-electron chi connectivity index (χ3n) is 8.00. The molecule has 7 nitrogen and oxygen atoms in total. The number of nitrogens with one attached hydrogen (secondary N) is 1. The first-order valence-electron chi connectivity index (χ1n) is 14.3. The van der Waals surface area contributed by atoms with E-state index in [2.05, 4.69) is 10.3 Å². The van der Waals surface area contributed by atoms with Crippen molar-refractivity contribution in [3.63, 3.8) is 0 Å². The van der Waals surface area contributed by atoms with Gasteiger partial charge in [0.1, 0.15) is 11.6 Å². The summed E-state index contributed by atoms with van der Waals surface area (Å²) in [6, 6.07) is 19.4. The van der Waals surface area contributed by atoms with Gasteiger partial charge in [-0.1, -0.05) is 54.1 Å². The van der Waals surface area contributed by atoms with E-state index in [9.17, 15) is 17.6 Å². The highest BCUT2D eigenvalue weighted by Gasteiger charge is 2.34. The summed E-state index contributed by atoms with van der Waals surface area (Å²) in [5.41, 5.74) is 8.45. The van der Waals surface area contributed by atoms with Gasteiger partial charge < -0.3 is 11.1 Å². The van der Waals surface area contributed by atoms with Crippen molar-refractivity contribution in [2.75, 3.05) is 19.6 Å². The zero-order valence-electron chi connectivity index (χ0n) is 23.9. The monoisotopic (exact) mass is 638 g/mol. The molecule has 1 saturated heterocycles. The molecule has 0 bridgehead atoms. The molecule has 2 heterocycles. The summed E-state index contributed by atoms with van der Waals surface area (Å²) < 4.78 is 57.8. The molecule has 4 aromatic rings. The predicted octanol–water partition coefficient (Wildman–Crippen LogP) is 4.88. The molecule has 0 saturated carbocycles. The van der Waals surface area contributed by atoms with E-state index in [1.807, 2.05) is 0 Å². The maximum atomic E-state index is 15.3. The second-order valence-corrected chi connectivity index (χ2v) is 13.2. The summed E-state index contributed by atoms with van der Waals surface area (Å²) in [4.78, 5) is 17.8. The van der Waals surface area contributed by atoms with Gasteiger partial charge in [-0.05, 0) is 71.5 Å². The van der Waals surface area contributed by atoms with Gasteiger partial charge >= 0.3 is 0 Å². The average Bonchev–Trinajstić information content (AvgIpc) is 3.02. The molecule has 3 N–H and O–H groups in total. The lowest BCUT2D eigenvalue weighted by Gasteiger charge is -2.35. The number of nitrogens with two attached hydrogens (primary N) is 1. The standard InChI is InChI=1S/C33H33ClF2N4O3S/c34-25-11-9-22(10-12-25)32(24-17-26(35)20-39-19-24)33(37)31(41)18-23-5-4-8-30(36)29(23)14-13-27-21-38-15-16-40(27)44(42,43)28-6-2-1-3-7-28/h1-12,17,19-20,27,32-33,38H,13-16,18,21,37H2/t27-,32-,33+/m0/s1. The number of halogens is 3. The summed E-state index contributed by atoms with van der Waals surface area (Å²) in [6.07, 6.45) is 2.94. The highest BCUT2D eigenvalue weighted by Crippen LogP contribution is 2.30. The van der Waals surface area contributed by atoms with E-state index in [1.165, 1.54) is 28.7 Å². The molecule has 44 heavy (non-hydrogen) atoms. The fourth-order valence-electron chi connectivity index (χ4n) is 5.76. The molecule has 0 aliphatic carbocycles. The van der Waals surface area contributed by atoms with E-state index >= 15 is 4.39 Å². The summed E-state index contributed by atoms with van der Waals surface area (Å²) in [7, 11) is -3.75. The van der Waals surface area contributed by atoms with Gasteiger partial charge in [-0.3, -0.25) is 9.78 Å². The zero-order valence-corrected chi connectivity index (χ0v) is 25.4. The quantitative estimate of drug-likeness (QED) is 0.243. The largest absolute Gasteiger partial charge is 0.321 e. The second kappa shape index (κ2) is 14.0. The topological polar surface area (TPSA) is 105 Å². The van der Waals surface area contributed by atoms with Gasteiger partial charge in [-0.2, -0.15) is 4.31 Å². The summed E-state index contributed by atoms with van der Waals surface area (Å²) in [5, 5.41) is 3.74. The average molecular weight is 639 g/mol. The molecular weight excluding hydrogens is 606 g/mol. The van der Waals surface area contributed by atoms with Crippen LogP contribution in [-0.4, -0.2) is 55.2 Å². The van der Waals surface area contributed by atoms with Gasteiger partial charge in [0.2, 0.25) is 10.0 Å². The van der Waals surface area contributed by atoms with Crippen molar-refractivity contribution in [2.45, 2.75) is 42.2 Å². The molecular formula is C33H33ClF2N4O3S. The lowest BCUT2D eigenvalue weighted by atomic mass is 9.82. The van der Waals surface area contributed by atoms with Gasteiger partial charge in [-0.15, -0.1) is 0 Å². The Labute approximate surface area is 261 Å². The Bertz CT molecular complexity index is 1710. The van der Waals surface area contributed by atoms with Crippen LogP contribution >= 0.6 is 11.6 Å². The number of aromatic nitrogens is 1. The molecule has 3 aromatic carbocycles. The Kier molecular flexibility index (Phi) is 10.2. The maximum absolute atomic E-state index is 15.3. The van der Waals surface area contributed by atoms with Crippen molar-refractivity contribution < 1.29 is 22.0 Å². The van der Waals surface area contributed by atoms with Crippen molar-refractivity contribution in [3.8, 4) is 0 Å². The van der Waals surface area contributed by atoms with Crippen LogP contribution in [0.25, 0.3) is 0 Å². The summed E-state index contributed by atoms with van der Waals surface area (Å²) >= 11 is 6.07. The number of benzene rings is 3. The van der Waals surface area contributed by atoms with E-state index < -0.39 is 39.7 Å². The number of ketones is 1. The smallest absolute Gasteiger partial charge is 0.243 e. The van der Waals surface area contributed by atoms with E-state index in [0.29, 0.717) is 53.3 Å². The number of pyridine rings is 1. The Morgan fingerprint density at radius 3 is 2.50 bits per heavy atom. The Hall–Kier alpha value is -3.54. The Balaban J connectivity index is 1.37. The fraction of sp³-hybridized carbons (Fsp3) is 0.273. The molecule has 1 fully saturated rings. The van der Waals surface area contributed by atoms with E-state index in [1.54, 1.807) is 60.7 Å². The number of Topliss-reactive ketones (excluding diaryl/α,β-unsaturated/α-hetero) is 1. The zero-order chi connectivity index (χ0) is 31.3. The lowest BCUT2D eigenvalue weighted by Crippen LogP contribution is -2.53. The number of carbonyl (C=O) groups is 1. The molecule has 230 valence electrons. The molecule has 0 amide bonds. The number of rotatable bonds is 11. The minimum atomic E-state index is -3.75. The first-order chi connectivity index (χ1) is 21.1. The van der Waals surface area contributed by atoms with Crippen LogP contribution in [0.5, 0.6) is 0 Å². The van der Waals surface area contributed by atoms with Gasteiger partial charge in [-0.25, -0.2) is 17.2 Å². The molecule has 1 aliphatic rings. The van der Waals surface area contributed by atoms with E-state index in [-0.39, 0.29) is 23.5 Å². The predicted molar refractivity (Wildman–Crippen MR) is 166 cm³/mol. The first kappa shape index (κ1) is 31.9. The highest BCUT2D eigenvalue weighted by molar-refractivity contribution is 7.89. The Morgan fingerprint density at radius 1 is 1.02 bits per heavy atom. The molecule has 5 rings (SSSR count). The van der Waals surface area contributed by atoms with Crippen molar-refractivity contribution >= 4 is 27.4 Å². The van der Waals surface area contributed by atoms with Crippen LogP contribution in [0.2, 0.25) is 5.02 Å². The van der Waals surface area contributed by atoms with Crippen LogP contribution in [0.4, 0.5) is 8.78 Å². The van der Waals surface area contributed by atoms with Crippen molar-refractivity contribution in [3.05, 3.63) is 130 Å². The third-order valence-corrected chi connectivity index (χ3v) is 10.2. The van der Waals surface area contributed by atoms with Gasteiger partial charge in [0.15, 0.2) is 5.78 Å². The maximum Gasteiger partial charge on any atom is 0.243 e. The minimum Gasteiger partial charge on any atom is -0.321 e. The van der Waals surface area contributed by atoms with Gasteiger partial charge in [0, 0.05) is 49.2 Å². The fourth-order valence-corrected chi connectivity index (χ4v) is 7.56. The lowest BCUT2D eigenvalue weighted by molar-refractivity contribution is -0.119. The molecule has 1 aromatic heterocycles. The van der Waals surface area contributed by atoms with Crippen LogP contribution in [0.3, 0.4) is 0 Å². The number of piperazine rings is 1. The minimum absolute atomic E-state index is 0.157. The Morgan fingerprint density at radius 2 is 1.77 bits per heavy atom. The summed E-state index contributed by atoms with van der Waals surface area (Å²) in [6.45, 7) is 1.22. The number of carbonyl (C=O) groups excluding carboxylic acids is 1. The third kappa shape index (κ3) is 7.22. The number of hydrogen-bond donors (Lipinski definition) is 2. The molecule has 0 spiro atoms. The second-order valence-electron chi connectivity index (χ2n) is 10.8. The number of sulfonamides is 1. The molecule has 1 aliphatic heterocycles. The van der Waals surface area contributed by atoms with Crippen molar-refractivity contribution in [1.82, 2.24) is 14.6 Å². The van der Waals surface area contributed by atoms with E-state index in [0.717, 1.165) is 6.20 Å². The SMILES string of the molecule is N[C@H](C(=O)Cc1cccc(F)c1CC[C@H]1CNCCN1S(=O)(=O)c1ccccc1)[C@@H](c1ccc(Cl)cc1)c1cncc(F)c1. The number of nitrogens with zero attached hydrogens (tertiary/aromatic N) is 2. The van der Waals surface area contributed by atoms with Crippen LogP contribution in [0.1, 0.15) is 34.6 Å².